The second-order valence-electron chi connectivity index (χ2n) is 1.82. The lowest BCUT2D eigenvalue weighted by Gasteiger charge is -2.01. The highest BCUT2D eigenvalue weighted by atomic mass is 16.6. The van der Waals surface area contributed by atoms with Crippen molar-refractivity contribution in [2.75, 3.05) is 0 Å². The second-order valence-corrected chi connectivity index (χ2v) is 1.82. The van der Waals surface area contributed by atoms with Crippen LogP contribution in [0.25, 0.3) is 0 Å². The van der Waals surface area contributed by atoms with Crippen LogP contribution in [0.3, 0.4) is 0 Å². The molecule has 0 saturated carbocycles. The number of rotatable bonds is 1. The van der Waals surface area contributed by atoms with Gasteiger partial charge in [-0.05, 0) is 13.8 Å². The molecule has 0 spiro atoms. The van der Waals surface area contributed by atoms with Crippen molar-refractivity contribution in [3.05, 3.63) is 0 Å². The molecule has 6 nitrogen and oxygen atoms in total. The van der Waals surface area contributed by atoms with Crippen LogP contribution in [0.4, 0.5) is 9.59 Å². The summed E-state index contributed by atoms with van der Waals surface area (Å²) in [6.07, 6.45) is -2.15. The molecule has 0 aromatic rings. The van der Waals surface area contributed by atoms with Crippen molar-refractivity contribution in [3.8, 4) is 0 Å². The summed E-state index contributed by atoms with van der Waals surface area (Å²) in [5.41, 5.74) is 8.66. The summed E-state index contributed by atoms with van der Waals surface area (Å²) in [6.45, 7) is 3.48. The maximum Gasteiger partial charge on any atom is 0.404 e. The van der Waals surface area contributed by atoms with Gasteiger partial charge in [0.25, 0.3) is 0 Å². The van der Waals surface area contributed by atoms with E-state index in [9.17, 15) is 4.79 Å². The molecule has 66 valence electrons. The summed E-state index contributed by atoms with van der Waals surface area (Å²) >= 11 is 0. The van der Waals surface area contributed by atoms with Crippen LogP contribution in [0.2, 0.25) is 0 Å². The summed E-state index contributed by atoms with van der Waals surface area (Å²) in [7, 11) is 0. The van der Waals surface area contributed by atoms with Gasteiger partial charge >= 0.3 is 12.2 Å². The Morgan fingerprint density at radius 3 is 1.64 bits per heavy atom. The highest BCUT2D eigenvalue weighted by Crippen LogP contribution is 1.83. The van der Waals surface area contributed by atoms with Crippen molar-refractivity contribution in [2.45, 2.75) is 20.0 Å². The summed E-state index contributed by atoms with van der Waals surface area (Å²) in [5.74, 6) is 0. The molecule has 0 atom stereocenters. The van der Waals surface area contributed by atoms with Crippen molar-refractivity contribution >= 4 is 12.2 Å². The number of amides is 2. The number of ether oxygens (including phenoxy) is 1. The third-order valence-electron chi connectivity index (χ3n) is 0.352. The molecule has 0 heterocycles. The van der Waals surface area contributed by atoms with E-state index in [1.807, 2.05) is 0 Å². The summed E-state index contributed by atoms with van der Waals surface area (Å²) in [5, 5.41) is 7.19. The SMILES string of the molecule is CC(C)OC(N)=O.NC(=O)O. The molecule has 6 heteroatoms. The van der Waals surface area contributed by atoms with Crippen LogP contribution < -0.4 is 11.5 Å². The first kappa shape index (κ1) is 12.2. The van der Waals surface area contributed by atoms with E-state index >= 15 is 0 Å². The lowest BCUT2D eigenvalue weighted by atomic mass is 10.5. The summed E-state index contributed by atoms with van der Waals surface area (Å²) < 4.78 is 4.39. The van der Waals surface area contributed by atoms with Crippen LogP contribution in [0.1, 0.15) is 13.8 Å². The maximum absolute atomic E-state index is 9.81. The molecule has 0 radical (unpaired) electrons. The number of carboxylic acid groups (broad SMARTS) is 1. The first-order valence-corrected chi connectivity index (χ1v) is 2.80. The minimum Gasteiger partial charge on any atom is -0.465 e. The average molecular weight is 164 g/mol. The Kier molecular flexibility index (Phi) is 7.41. The standard InChI is InChI=1S/C4H9NO2.CH3NO2/c1-3(2)7-4(5)6;2-1(3)4/h3H,1-2H3,(H2,5,6);2H2,(H,3,4). The molecule has 0 rings (SSSR count). The molecule has 0 aliphatic heterocycles. The molecule has 0 bridgehead atoms. The molecular weight excluding hydrogens is 152 g/mol. The zero-order valence-electron chi connectivity index (χ0n) is 6.40. The van der Waals surface area contributed by atoms with Gasteiger partial charge in [0.15, 0.2) is 0 Å². The van der Waals surface area contributed by atoms with Crippen LogP contribution in [0.5, 0.6) is 0 Å². The van der Waals surface area contributed by atoms with Gasteiger partial charge in [-0.25, -0.2) is 9.59 Å². The Balaban J connectivity index is 0. The van der Waals surface area contributed by atoms with Crippen LogP contribution in [0, 0.1) is 0 Å². The predicted octanol–water partition coefficient (Wildman–Crippen LogP) is 0.113. The van der Waals surface area contributed by atoms with E-state index in [1.165, 1.54) is 0 Å². The Labute approximate surface area is 64.1 Å². The number of hydrogen-bond donors (Lipinski definition) is 3. The van der Waals surface area contributed by atoms with Gasteiger partial charge in [0.05, 0.1) is 6.10 Å². The molecule has 11 heavy (non-hydrogen) atoms. The topological polar surface area (TPSA) is 116 Å². The minimum absolute atomic E-state index is 0.0995. The lowest BCUT2D eigenvalue weighted by Crippen LogP contribution is -2.17. The van der Waals surface area contributed by atoms with Gasteiger partial charge in [-0.3, -0.25) is 0 Å². The van der Waals surface area contributed by atoms with Gasteiger partial charge in [-0.15, -0.1) is 0 Å². The lowest BCUT2D eigenvalue weighted by molar-refractivity contribution is 0.125. The zero-order chi connectivity index (χ0) is 9.44. The smallest absolute Gasteiger partial charge is 0.404 e. The highest BCUT2D eigenvalue weighted by molar-refractivity contribution is 5.64. The van der Waals surface area contributed by atoms with E-state index in [0.29, 0.717) is 0 Å². The molecule has 0 aromatic heterocycles. The highest BCUT2D eigenvalue weighted by Gasteiger charge is 1.94. The molecule has 0 aliphatic carbocycles. The summed E-state index contributed by atoms with van der Waals surface area (Å²) in [4.78, 5) is 18.6. The van der Waals surface area contributed by atoms with Gasteiger partial charge in [0, 0.05) is 0 Å². The van der Waals surface area contributed by atoms with Crippen molar-refractivity contribution in [2.24, 2.45) is 11.5 Å². The van der Waals surface area contributed by atoms with Crippen molar-refractivity contribution in [1.82, 2.24) is 0 Å². The first-order chi connectivity index (χ1) is 4.86. The van der Waals surface area contributed by atoms with Crippen LogP contribution in [0.15, 0.2) is 0 Å². The van der Waals surface area contributed by atoms with Gasteiger partial charge in [0.2, 0.25) is 0 Å². The molecule has 0 aliphatic rings. The van der Waals surface area contributed by atoms with E-state index in [0.717, 1.165) is 0 Å². The van der Waals surface area contributed by atoms with Gasteiger partial charge < -0.3 is 21.3 Å². The van der Waals surface area contributed by atoms with E-state index in [4.69, 9.17) is 9.90 Å². The largest absolute Gasteiger partial charge is 0.465 e. The third kappa shape index (κ3) is 56.6. The fourth-order valence-corrected chi connectivity index (χ4v) is 0.232. The van der Waals surface area contributed by atoms with E-state index in [-0.39, 0.29) is 6.10 Å². The normalized spacial score (nSPS) is 7.91. The van der Waals surface area contributed by atoms with Crippen LogP contribution >= 0.6 is 0 Å². The molecule has 0 fully saturated rings. The molecule has 5 N–H and O–H groups in total. The summed E-state index contributed by atoms with van der Waals surface area (Å²) in [6, 6.07) is 0. The van der Waals surface area contributed by atoms with Crippen molar-refractivity contribution < 1.29 is 19.4 Å². The number of nitrogens with two attached hydrogens (primary N) is 2. The molecule has 0 aromatic carbocycles. The number of hydrogen-bond acceptors (Lipinski definition) is 3. The fourth-order valence-electron chi connectivity index (χ4n) is 0.232. The van der Waals surface area contributed by atoms with E-state index < -0.39 is 12.2 Å². The Hall–Kier alpha value is -1.46. The van der Waals surface area contributed by atoms with Crippen molar-refractivity contribution in [1.29, 1.82) is 0 Å². The molecule has 0 unspecified atom stereocenters. The Morgan fingerprint density at radius 1 is 1.36 bits per heavy atom. The van der Waals surface area contributed by atoms with Crippen molar-refractivity contribution in [3.63, 3.8) is 0 Å². The zero-order valence-corrected chi connectivity index (χ0v) is 6.40. The van der Waals surface area contributed by atoms with E-state index in [1.54, 1.807) is 13.8 Å². The predicted molar refractivity (Wildman–Crippen MR) is 38.0 cm³/mol. The monoisotopic (exact) mass is 164 g/mol. The second kappa shape index (κ2) is 6.66. The fraction of sp³-hybridized carbons (Fsp3) is 0.600. The van der Waals surface area contributed by atoms with E-state index in [2.05, 4.69) is 16.2 Å². The molecule has 2 amide bonds. The average Bonchev–Trinajstić information content (AvgIpc) is 1.56. The van der Waals surface area contributed by atoms with Crippen LogP contribution in [-0.4, -0.2) is 23.4 Å². The van der Waals surface area contributed by atoms with Gasteiger partial charge in [-0.1, -0.05) is 0 Å². The minimum atomic E-state index is -1.33. The number of carbonyl (C=O) groups excluding carboxylic acids is 1. The maximum atomic E-state index is 9.81. The quantitative estimate of drug-likeness (QED) is 0.510. The Bertz CT molecular complexity index is 130. The van der Waals surface area contributed by atoms with Gasteiger partial charge in [-0.2, -0.15) is 0 Å². The molecular formula is C5H12N2O4. The molecule has 0 saturated heterocycles. The van der Waals surface area contributed by atoms with Gasteiger partial charge in [0.1, 0.15) is 0 Å². The Morgan fingerprint density at radius 2 is 1.64 bits per heavy atom. The third-order valence-corrected chi connectivity index (χ3v) is 0.352. The first-order valence-electron chi connectivity index (χ1n) is 2.80. The van der Waals surface area contributed by atoms with Crippen LogP contribution in [-0.2, 0) is 4.74 Å². The number of primary amides is 2. The number of carbonyl (C=O) groups is 2.